The number of ether oxygens (including phenoxy) is 1. The number of anilines is 1. The lowest BCUT2D eigenvalue weighted by Gasteiger charge is -2.15. The lowest BCUT2D eigenvalue weighted by Crippen LogP contribution is -2.27. The van der Waals surface area contributed by atoms with Gasteiger partial charge in [-0.05, 0) is 48.2 Å². The third-order valence-electron chi connectivity index (χ3n) is 6.22. The lowest BCUT2D eigenvalue weighted by molar-refractivity contribution is -0.384. The number of methoxy groups -OCH3 is 1. The van der Waals surface area contributed by atoms with Crippen molar-refractivity contribution in [2.75, 3.05) is 19.4 Å². The summed E-state index contributed by atoms with van der Waals surface area (Å²) in [6.45, 7) is 6.45. The van der Waals surface area contributed by atoms with Gasteiger partial charge < -0.3 is 20.4 Å². The molecule has 0 spiro atoms. The molecule has 186 valence electrons. The second kappa shape index (κ2) is 9.69. The van der Waals surface area contributed by atoms with Gasteiger partial charge in [0.1, 0.15) is 11.6 Å². The Hall–Kier alpha value is -4.40. The molecule has 4 rings (SSSR count). The average molecular weight is 488 g/mol. The quantitative estimate of drug-likeness (QED) is 0.276. The highest BCUT2D eigenvalue weighted by atomic mass is 16.6. The van der Waals surface area contributed by atoms with Crippen LogP contribution in [0.2, 0.25) is 0 Å². The molecule has 0 saturated carbocycles. The van der Waals surface area contributed by atoms with Crippen LogP contribution in [0.5, 0.6) is 5.75 Å². The summed E-state index contributed by atoms with van der Waals surface area (Å²) in [6.07, 6.45) is 1.65. The molecule has 2 heterocycles. The molecule has 2 aromatic carbocycles. The maximum atomic E-state index is 12.8. The van der Waals surface area contributed by atoms with E-state index in [2.05, 4.69) is 10.3 Å². The summed E-state index contributed by atoms with van der Waals surface area (Å²) in [5, 5.41) is 15.0. The number of fused-ring (bicyclic) bond motifs is 1. The van der Waals surface area contributed by atoms with Gasteiger partial charge in [-0.1, -0.05) is 19.9 Å². The van der Waals surface area contributed by atoms with E-state index in [4.69, 9.17) is 10.5 Å². The van der Waals surface area contributed by atoms with Crippen LogP contribution in [0.25, 0.3) is 33.3 Å². The number of pyridine rings is 1. The van der Waals surface area contributed by atoms with Crippen molar-refractivity contribution in [2.24, 2.45) is 13.0 Å². The Labute approximate surface area is 209 Å². The number of carbonyl (C=O) groups is 1. The molecular formula is C27H29N5O4. The molecule has 0 aliphatic heterocycles. The number of benzene rings is 2. The monoisotopic (exact) mass is 487 g/mol. The van der Waals surface area contributed by atoms with Crippen molar-refractivity contribution < 1.29 is 14.5 Å². The van der Waals surface area contributed by atoms with E-state index in [9.17, 15) is 14.9 Å². The SMILES string of the molecule is COc1cc(-c2c(-c3ccc([N+](=O)[O-])cc3C)n(C)c3ccnc(N)c23)ccc1C(=O)NCC(C)C. The zero-order chi connectivity index (χ0) is 26.1. The highest BCUT2D eigenvalue weighted by Crippen LogP contribution is 2.44. The predicted octanol–water partition coefficient (Wildman–Crippen LogP) is 5.10. The van der Waals surface area contributed by atoms with Crippen LogP contribution in [0.1, 0.15) is 29.8 Å². The molecule has 0 saturated heterocycles. The summed E-state index contributed by atoms with van der Waals surface area (Å²) in [6, 6.07) is 12.1. The molecule has 0 unspecified atom stereocenters. The minimum atomic E-state index is -0.408. The van der Waals surface area contributed by atoms with E-state index in [0.29, 0.717) is 29.6 Å². The van der Waals surface area contributed by atoms with Gasteiger partial charge in [-0.3, -0.25) is 14.9 Å². The number of nitro benzene ring substituents is 1. The molecule has 0 bridgehead atoms. The number of carbonyl (C=O) groups excluding carboxylic acids is 1. The third-order valence-corrected chi connectivity index (χ3v) is 6.22. The predicted molar refractivity (Wildman–Crippen MR) is 141 cm³/mol. The smallest absolute Gasteiger partial charge is 0.269 e. The van der Waals surface area contributed by atoms with Gasteiger partial charge >= 0.3 is 0 Å². The van der Waals surface area contributed by atoms with Crippen molar-refractivity contribution in [3.8, 4) is 28.1 Å². The van der Waals surface area contributed by atoms with Crippen LogP contribution in [0.4, 0.5) is 11.5 Å². The van der Waals surface area contributed by atoms with Crippen molar-refractivity contribution in [2.45, 2.75) is 20.8 Å². The van der Waals surface area contributed by atoms with E-state index in [1.165, 1.54) is 13.2 Å². The van der Waals surface area contributed by atoms with Crippen molar-refractivity contribution in [3.63, 3.8) is 0 Å². The Balaban J connectivity index is 1.96. The van der Waals surface area contributed by atoms with Gasteiger partial charge in [-0.15, -0.1) is 0 Å². The van der Waals surface area contributed by atoms with E-state index in [0.717, 1.165) is 38.9 Å². The van der Waals surface area contributed by atoms with Crippen LogP contribution in [0.3, 0.4) is 0 Å². The number of nitrogen functional groups attached to an aromatic ring is 1. The van der Waals surface area contributed by atoms with Crippen molar-refractivity contribution in [3.05, 3.63) is 69.9 Å². The Morgan fingerprint density at radius 3 is 2.61 bits per heavy atom. The molecule has 0 aliphatic carbocycles. The fourth-order valence-corrected chi connectivity index (χ4v) is 4.46. The van der Waals surface area contributed by atoms with Gasteiger partial charge in [0.2, 0.25) is 0 Å². The Kier molecular flexibility index (Phi) is 6.65. The molecule has 0 radical (unpaired) electrons. The first-order valence-corrected chi connectivity index (χ1v) is 11.6. The first-order valence-electron chi connectivity index (χ1n) is 11.6. The number of nitro groups is 1. The molecule has 1 amide bonds. The van der Waals surface area contributed by atoms with E-state index >= 15 is 0 Å². The van der Waals surface area contributed by atoms with Gasteiger partial charge in [0.05, 0.1) is 34.2 Å². The molecule has 36 heavy (non-hydrogen) atoms. The topological polar surface area (TPSA) is 125 Å². The van der Waals surface area contributed by atoms with Crippen LogP contribution in [-0.4, -0.2) is 34.0 Å². The molecule has 0 atom stereocenters. The summed E-state index contributed by atoms with van der Waals surface area (Å²) in [7, 11) is 3.45. The second-order valence-corrected chi connectivity index (χ2v) is 9.15. The van der Waals surface area contributed by atoms with Crippen molar-refractivity contribution in [1.82, 2.24) is 14.9 Å². The zero-order valence-corrected chi connectivity index (χ0v) is 21.0. The number of amides is 1. The highest BCUT2D eigenvalue weighted by molar-refractivity contribution is 6.10. The zero-order valence-electron chi connectivity index (χ0n) is 21.0. The number of hydrogen-bond acceptors (Lipinski definition) is 6. The fourth-order valence-electron chi connectivity index (χ4n) is 4.46. The average Bonchev–Trinajstić information content (AvgIpc) is 3.15. The third kappa shape index (κ3) is 4.35. The van der Waals surface area contributed by atoms with Gasteiger partial charge in [0.15, 0.2) is 0 Å². The number of nitrogens with two attached hydrogens (primary N) is 1. The number of nitrogens with zero attached hydrogens (tertiary/aromatic N) is 3. The lowest BCUT2D eigenvalue weighted by atomic mass is 9.95. The summed E-state index contributed by atoms with van der Waals surface area (Å²) < 4.78 is 7.61. The maximum absolute atomic E-state index is 12.8. The van der Waals surface area contributed by atoms with E-state index in [-0.39, 0.29) is 11.6 Å². The van der Waals surface area contributed by atoms with Gasteiger partial charge in [0, 0.05) is 43.0 Å². The van der Waals surface area contributed by atoms with Crippen LogP contribution in [0.15, 0.2) is 48.7 Å². The number of aryl methyl sites for hydroxylation is 2. The molecule has 0 aliphatic rings. The molecule has 4 aromatic rings. The molecule has 0 fully saturated rings. The second-order valence-electron chi connectivity index (χ2n) is 9.15. The van der Waals surface area contributed by atoms with Crippen LogP contribution < -0.4 is 15.8 Å². The number of aromatic nitrogens is 2. The Morgan fingerprint density at radius 2 is 1.97 bits per heavy atom. The van der Waals surface area contributed by atoms with Crippen molar-refractivity contribution in [1.29, 1.82) is 0 Å². The van der Waals surface area contributed by atoms with E-state index < -0.39 is 4.92 Å². The number of non-ortho nitro benzene ring substituents is 1. The Bertz CT molecular complexity index is 1490. The first-order chi connectivity index (χ1) is 17.1. The van der Waals surface area contributed by atoms with E-state index in [1.807, 2.05) is 50.6 Å². The molecule has 9 nitrogen and oxygen atoms in total. The fraction of sp³-hybridized carbons (Fsp3) is 0.259. The summed E-state index contributed by atoms with van der Waals surface area (Å²) in [4.78, 5) is 28.0. The summed E-state index contributed by atoms with van der Waals surface area (Å²) >= 11 is 0. The van der Waals surface area contributed by atoms with Crippen LogP contribution in [-0.2, 0) is 7.05 Å². The maximum Gasteiger partial charge on any atom is 0.269 e. The standard InChI is InChI=1S/C27H29N5O4/c1-15(2)14-30-27(33)20-8-6-17(13-22(20)36-5)23-24-21(10-11-29-26(24)28)31(4)25(23)19-9-7-18(32(34)35)12-16(19)3/h6-13,15H,14H2,1-5H3,(H2,28,29)(H,30,33). The first kappa shape index (κ1) is 24.7. The molecule has 9 heteroatoms. The van der Waals surface area contributed by atoms with Crippen LogP contribution >= 0.6 is 0 Å². The van der Waals surface area contributed by atoms with Gasteiger partial charge in [-0.25, -0.2) is 4.98 Å². The largest absolute Gasteiger partial charge is 0.496 e. The Morgan fingerprint density at radius 1 is 1.22 bits per heavy atom. The van der Waals surface area contributed by atoms with E-state index in [1.54, 1.807) is 24.4 Å². The van der Waals surface area contributed by atoms with Crippen molar-refractivity contribution >= 4 is 28.3 Å². The minimum absolute atomic E-state index is 0.0242. The minimum Gasteiger partial charge on any atom is -0.496 e. The number of nitrogens with one attached hydrogen (secondary N) is 1. The normalized spacial score (nSPS) is 11.2. The molecule has 2 aromatic heterocycles. The summed E-state index contributed by atoms with van der Waals surface area (Å²) in [5.74, 6) is 0.900. The van der Waals surface area contributed by atoms with Gasteiger partial charge in [-0.2, -0.15) is 0 Å². The van der Waals surface area contributed by atoms with Crippen LogP contribution in [0, 0.1) is 23.0 Å². The molecular weight excluding hydrogens is 458 g/mol. The summed E-state index contributed by atoms with van der Waals surface area (Å²) in [5.41, 5.74) is 11.7. The highest BCUT2D eigenvalue weighted by Gasteiger charge is 2.24. The molecule has 3 N–H and O–H groups in total. The van der Waals surface area contributed by atoms with Gasteiger partial charge in [0.25, 0.3) is 11.6 Å². The number of hydrogen-bond donors (Lipinski definition) is 2. The number of rotatable bonds is 7.